The summed E-state index contributed by atoms with van der Waals surface area (Å²) in [5, 5.41) is 2.88. The zero-order valence-electron chi connectivity index (χ0n) is 21.9. The van der Waals surface area contributed by atoms with Crippen molar-refractivity contribution >= 4 is 33.2 Å². The van der Waals surface area contributed by atoms with Crippen molar-refractivity contribution in [2.45, 2.75) is 56.4 Å². The molecule has 2 saturated heterocycles. The van der Waals surface area contributed by atoms with Gasteiger partial charge in [-0.1, -0.05) is 12.8 Å². The summed E-state index contributed by atoms with van der Waals surface area (Å²) in [5.41, 5.74) is 1.53. The first kappa shape index (κ1) is 26.6. The van der Waals surface area contributed by atoms with Gasteiger partial charge >= 0.3 is 0 Å². The zero-order valence-corrected chi connectivity index (χ0v) is 22.7. The fourth-order valence-corrected chi connectivity index (χ4v) is 6.89. The molecule has 3 aliphatic heterocycles. The largest absolute Gasteiger partial charge is 0.479 e. The summed E-state index contributed by atoms with van der Waals surface area (Å²) in [6, 6.07) is 11.3. The molecule has 5 rings (SSSR count). The van der Waals surface area contributed by atoms with Crippen LogP contribution in [0.25, 0.3) is 0 Å². The van der Waals surface area contributed by atoms with E-state index in [9.17, 15) is 18.0 Å². The number of ether oxygens (including phenoxy) is 1. The number of fused-ring (bicyclic) bond motifs is 1. The Morgan fingerprint density at radius 3 is 2.26 bits per heavy atom. The molecule has 9 nitrogen and oxygen atoms in total. The summed E-state index contributed by atoms with van der Waals surface area (Å²) in [6.07, 6.45) is 5.84. The van der Waals surface area contributed by atoms with Gasteiger partial charge in [0.15, 0.2) is 6.10 Å². The van der Waals surface area contributed by atoms with Crippen molar-refractivity contribution in [1.82, 2.24) is 9.21 Å². The van der Waals surface area contributed by atoms with Crippen molar-refractivity contribution in [1.29, 1.82) is 0 Å². The smallest absolute Gasteiger partial charge is 0.267 e. The number of hydrogen-bond donors (Lipinski definition) is 1. The first-order valence-electron chi connectivity index (χ1n) is 13.6. The third kappa shape index (κ3) is 5.72. The van der Waals surface area contributed by atoms with E-state index in [1.54, 1.807) is 30.0 Å². The average Bonchev–Trinajstić information content (AvgIpc) is 2.94. The number of carbonyl (C=O) groups is 2. The Bertz CT molecular complexity index is 1270. The Labute approximate surface area is 224 Å². The molecule has 2 fully saturated rings. The van der Waals surface area contributed by atoms with E-state index in [2.05, 4.69) is 10.2 Å². The molecule has 0 saturated carbocycles. The topological polar surface area (TPSA) is 99.3 Å². The minimum atomic E-state index is -3.56. The van der Waals surface area contributed by atoms with Crippen LogP contribution in [0.15, 0.2) is 47.4 Å². The van der Waals surface area contributed by atoms with Crippen LogP contribution in [-0.4, -0.2) is 74.8 Å². The quantitative estimate of drug-likeness (QED) is 0.575. The fourth-order valence-electron chi connectivity index (χ4n) is 5.38. The van der Waals surface area contributed by atoms with Crippen molar-refractivity contribution < 1.29 is 22.7 Å². The van der Waals surface area contributed by atoms with Crippen LogP contribution in [0.5, 0.6) is 5.75 Å². The lowest BCUT2D eigenvalue weighted by atomic mass is 10.1. The standard InChI is InChI=1S/C28H36N4O5S/c1-21-28(34)32(19-18-30-14-4-2-5-15-30)25-20-23(10-13-26(25)37-21)29-27(33)22-8-11-24(12-9-22)38(35,36)31-16-6-3-7-17-31/h8-13,20-21H,2-7,14-19H2,1H3,(H,29,33). The summed E-state index contributed by atoms with van der Waals surface area (Å²) >= 11 is 0. The van der Waals surface area contributed by atoms with Crippen LogP contribution in [0.4, 0.5) is 11.4 Å². The highest BCUT2D eigenvalue weighted by Crippen LogP contribution is 2.36. The van der Waals surface area contributed by atoms with E-state index >= 15 is 0 Å². The number of anilines is 2. The van der Waals surface area contributed by atoms with Gasteiger partial charge in [-0.3, -0.25) is 9.59 Å². The van der Waals surface area contributed by atoms with E-state index in [1.165, 1.54) is 47.8 Å². The lowest BCUT2D eigenvalue weighted by Crippen LogP contribution is -2.48. The number of sulfonamides is 1. The third-order valence-electron chi connectivity index (χ3n) is 7.58. The number of nitrogens with one attached hydrogen (secondary N) is 1. The lowest BCUT2D eigenvalue weighted by molar-refractivity contribution is -0.125. The van der Waals surface area contributed by atoms with Gasteiger partial charge in [0, 0.05) is 37.4 Å². The molecular weight excluding hydrogens is 504 g/mol. The van der Waals surface area contributed by atoms with Crippen LogP contribution in [-0.2, 0) is 14.8 Å². The number of piperidine rings is 2. The van der Waals surface area contributed by atoms with E-state index < -0.39 is 16.1 Å². The van der Waals surface area contributed by atoms with Gasteiger partial charge in [-0.2, -0.15) is 4.31 Å². The number of amides is 2. The second-order valence-electron chi connectivity index (χ2n) is 10.3. The van der Waals surface area contributed by atoms with Crippen LogP contribution >= 0.6 is 0 Å². The van der Waals surface area contributed by atoms with Gasteiger partial charge in [0.1, 0.15) is 5.75 Å². The summed E-state index contributed by atoms with van der Waals surface area (Å²) in [4.78, 5) is 30.3. The Morgan fingerprint density at radius 1 is 0.921 bits per heavy atom. The highest BCUT2D eigenvalue weighted by molar-refractivity contribution is 7.89. The molecule has 1 unspecified atom stereocenters. The average molecular weight is 541 g/mol. The Hall–Kier alpha value is -2.95. The van der Waals surface area contributed by atoms with Crippen LogP contribution in [0.1, 0.15) is 55.8 Å². The number of likely N-dealkylation sites (tertiary alicyclic amines) is 1. The van der Waals surface area contributed by atoms with Crippen LogP contribution in [0.3, 0.4) is 0 Å². The van der Waals surface area contributed by atoms with Crippen molar-refractivity contribution in [3.8, 4) is 5.75 Å². The molecule has 204 valence electrons. The second kappa shape index (κ2) is 11.4. The van der Waals surface area contributed by atoms with Crippen molar-refractivity contribution in [3.05, 3.63) is 48.0 Å². The highest BCUT2D eigenvalue weighted by atomic mass is 32.2. The first-order valence-corrected chi connectivity index (χ1v) is 15.0. The van der Waals surface area contributed by atoms with E-state index in [0.717, 1.165) is 38.9 Å². The molecule has 0 aliphatic carbocycles. The molecule has 1 atom stereocenters. The van der Waals surface area contributed by atoms with Gasteiger partial charge in [0.2, 0.25) is 10.0 Å². The minimum Gasteiger partial charge on any atom is -0.479 e. The summed E-state index contributed by atoms with van der Waals surface area (Å²) in [7, 11) is -3.56. The highest BCUT2D eigenvalue weighted by Gasteiger charge is 2.32. The van der Waals surface area contributed by atoms with Crippen molar-refractivity contribution in [2.24, 2.45) is 0 Å². The van der Waals surface area contributed by atoms with Gasteiger partial charge in [-0.25, -0.2) is 8.42 Å². The normalized spacial score (nSPS) is 21.0. The predicted octanol–water partition coefficient (Wildman–Crippen LogP) is 3.71. The molecule has 0 bridgehead atoms. The molecule has 1 N–H and O–H groups in total. The summed E-state index contributed by atoms with van der Waals surface area (Å²) in [5.74, 6) is 0.160. The number of carbonyl (C=O) groups excluding carboxylic acids is 2. The van der Waals surface area contributed by atoms with Gasteiger partial charge < -0.3 is 19.9 Å². The molecule has 3 heterocycles. The first-order chi connectivity index (χ1) is 18.3. The molecule has 2 amide bonds. The molecule has 3 aliphatic rings. The number of rotatable bonds is 7. The van der Waals surface area contributed by atoms with E-state index in [4.69, 9.17) is 4.74 Å². The fraction of sp³-hybridized carbons (Fsp3) is 0.500. The summed E-state index contributed by atoms with van der Waals surface area (Å²) < 4.78 is 33.2. The van der Waals surface area contributed by atoms with Gasteiger partial charge in [-0.15, -0.1) is 0 Å². The van der Waals surface area contributed by atoms with E-state index in [-0.39, 0.29) is 16.7 Å². The molecule has 0 spiro atoms. The Kier molecular flexibility index (Phi) is 8.01. The van der Waals surface area contributed by atoms with Crippen molar-refractivity contribution in [2.75, 3.05) is 49.5 Å². The molecule has 0 aromatic heterocycles. The lowest BCUT2D eigenvalue weighted by Gasteiger charge is -2.35. The molecular formula is C28H36N4O5S. The molecule has 0 radical (unpaired) electrons. The third-order valence-corrected chi connectivity index (χ3v) is 9.50. The predicted molar refractivity (Wildman–Crippen MR) is 146 cm³/mol. The maximum Gasteiger partial charge on any atom is 0.267 e. The molecule has 38 heavy (non-hydrogen) atoms. The maximum atomic E-state index is 13.0. The van der Waals surface area contributed by atoms with Gasteiger partial charge in [0.25, 0.3) is 11.8 Å². The van der Waals surface area contributed by atoms with Crippen molar-refractivity contribution in [3.63, 3.8) is 0 Å². The van der Waals surface area contributed by atoms with Crippen LogP contribution in [0.2, 0.25) is 0 Å². The van der Waals surface area contributed by atoms with Crippen LogP contribution in [0, 0.1) is 0 Å². The Morgan fingerprint density at radius 2 is 1.58 bits per heavy atom. The zero-order chi connectivity index (χ0) is 26.7. The van der Waals surface area contributed by atoms with Crippen LogP contribution < -0.4 is 15.0 Å². The number of benzene rings is 2. The Balaban J connectivity index is 1.29. The number of hydrogen-bond acceptors (Lipinski definition) is 6. The monoisotopic (exact) mass is 540 g/mol. The minimum absolute atomic E-state index is 0.0940. The second-order valence-corrected chi connectivity index (χ2v) is 12.2. The van der Waals surface area contributed by atoms with E-state index in [0.29, 0.717) is 42.3 Å². The van der Waals surface area contributed by atoms with Gasteiger partial charge in [0.05, 0.1) is 10.6 Å². The number of nitrogens with zero attached hydrogens (tertiary/aromatic N) is 3. The molecule has 10 heteroatoms. The van der Waals surface area contributed by atoms with Gasteiger partial charge in [-0.05, 0) is 88.2 Å². The SMILES string of the molecule is CC1Oc2ccc(NC(=O)c3ccc(S(=O)(=O)N4CCCCC4)cc3)cc2N(CCN2CCCCC2)C1=O. The van der Waals surface area contributed by atoms with E-state index in [1.807, 2.05) is 0 Å². The summed E-state index contributed by atoms with van der Waals surface area (Å²) in [6.45, 7) is 6.27. The maximum absolute atomic E-state index is 13.0. The molecule has 2 aromatic rings. The molecule has 2 aromatic carbocycles.